The van der Waals surface area contributed by atoms with E-state index in [1.165, 1.54) is 5.56 Å². The van der Waals surface area contributed by atoms with Gasteiger partial charge in [-0.3, -0.25) is 0 Å². The highest BCUT2D eigenvalue weighted by atomic mass is 79.9. The highest BCUT2D eigenvalue weighted by Gasteiger charge is 2.03. The second-order valence-electron chi connectivity index (χ2n) is 3.66. The van der Waals surface area contributed by atoms with Crippen LogP contribution >= 0.6 is 15.9 Å². The van der Waals surface area contributed by atoms with Crippen molar-refractivity contribution in [2.24, 2.45) is 0 Å². The zero-order valence-corrected chi connectivity index (χ0v) is 10.8. The highest BCUT2D eigenvalue weighted by molar-refractivity contribution is 9.10. The maximum atomic E-state index is 8.75. The minimum absolute atomic E-state index is 0.534. The molecule has 2 aromatic rings. The van der Waals surface area contributed by atoms with Crippen molar-refractivity contribution in [3.05, 3.63) is 52.1 Å². The Balaban J connectivity index is 2.28. The maximum Gasteiger partial charge on any atom is 0.144 e. The van der Waals surface area contributed by atoms with Crippen LogP contribution in [0.25, 0.3) is 0 Å². The summed E-state index contributed by atoms with van der Waals surface area (Å²) in [6, 6.07) is 11.8. The van der Waals surface area contributed by atoms with Crippen LogP contribution in [0.15, 0.2) is 41.0 Å². The number of pyridine rings is 1. The molecule has 0 aliphatic heterocycles. The zero-order chi connectivity index (χ0) is 12.3. The molecule has 1 heterocycles. The monoisotopic (exact) mass is 287 g/mol. The predicted octanol–water partition coefficient (Wildman–Crippen LogP) is 3.77. The Kier molecular flexibility index (Phi) is 3.40. The molecule has 84 valence electrons. The SMILES string of the molecule is Cc1cccc(Nc2ncc(C#N)cc2Br)c1. The molecule has 0 atom stereocenters. The van der Waals surface area contributed by atoms with Gasteiger partial charge in [0.25, 0.3) is 0 Å². The number of aryl methyl sites for hydroxylation is 1. The Morgan fingerprint density at radius 1 is 1.35 bits per heavy atom. The molecule has 0 bridgehead atoms. The molecule has 0 fully saturated rings. The van der Waals surface area contributed by atoms with Crippen molar-refractivity contribution in [3.8, 4) is 6.07 Å². The third kappa shape index (κ3) is 2.83. The highest BCUT2D eigenvalue weighted by Crippen LogP contribution is 2.24. The summed E-state index contributed by atoms with van der Waals surface area (Å²) in [6.07, 6.45) is 1.54. The van der Waals surface area contributed by atoms with Gasteiger partial charge in [-0.1, -0.05) is 12.1 Å². The molecule has 4 heteroatoms. The second kappa shape index (κ2) is 4.98. The van der Waals surface area contributed by atoms with Gasteiger partial charge in [0.05, 0.1) is 10.0 Å². The van der Waals surface area contributed by atoms with Crippen LogP contribution in [0.4, 0.5) is 11.5 Å². The van der Waals surface area contributed by atoms with Crippen molar-refractivity contribution < 1.29 is 0 Å². The molecule has 0 saturated carbocycles. The normalized spacial score (nSPS) is 9.71. The number of nitrogens with one attached hydrogen (secondary N) is 1. The summed E-state index contributed by atoms with van der Waals surface area (Å²) in [7, 11) is 0. The number of halogens is 1. The molecule has 0 aliphatic carbocycles. The topological polar surface area (TPSA) is 48.7 Å². The summed E-state index contributed by atoms with van der Waals surface area (Å²) < 4.78 is 0.776. The third-order valence-electron chi connectivity index (χ3n) is 2.25. The minimum Gasteiger partial charge on any atom is -0.339 e. The molecule has 17 heavy (non-hydrogen) atoms. The third-order valence-corrected chi connectivity index (χ3v) is 2.86. The lowest BCUT2D eigenvalue weighted by Gasteiger charge is -2.08. The average molecular weight is 288 g/mol. The first kappa shape index (κ1) is 11.6. The Labute approximate surface area is 108 Å². The van der Waals surface area contributed by atoms with Crippen molar-refractivity contribution in [1.29, 1.82) is 5.26 Å². The fraction of sp³-hybridized carbons (Fsp3) is 0.0769. The Morgan fingerprint density at radius 3 is 2.82 bits per heavy atom. The van der Waals surface area contributed by atoms with E-state index in [1.807, 2.05) is 37.3 Å². The van der Waals surface area contributed by atoms with Crippen LogP contribution in [0.5, 0.6) is 0 Å². The van der Waals surface area contributed by atoms with Crippen LogP contribution in [0, 0.1) is 18.3 Å². The summed E-state index contributed by atoms with van der Waals surface area (Å²) in [5.41, 5.74) is 2.69. The van der Waals surface area contributed by atoms with E-state index in [9.17, 15) is 0 Å². The maximum absolute atomic E-state index is 8.75. The molecule has 1 aromatic carbocycles. The van der Waals surface area contributed by atoms with Crippen molar-refractivity contribution in [2.75, 3.05) is 5.32 Å². The van der Waals surface area contributed by atoms with E-state index >= 15 is 0 Å². The van der Waals surface area contributed by atoms with Crippen molar-refractivity contribution >= 4 is 27.4 Å². The number of aromatic nitrogens is 1. The summed E-state index contributed by atoms with van der Waals surface area (Å²) in [5, 5.41) is 11.9. The Hall–Kier alpha value is -1.86. The number of hydrogen-bond donors (Lipinski definition) is 1. The molecule has 0 aliphatic rings. The number of rotatable bonds is 2. The van der Waals surface area contributed by atoms with Crippen LogP contribution in [-0.2, 0) is 0 Å². The quantitative estimate of drug-likeness (QED) is 0.915. The van der Waals surface area contributed by atoms with Gasteiger partial charge in [-0.25, -0.2) is 4.98 Å². The summed E-state index contributed by atoms with van der Waals surface area (Å²) in [4.78, 5) is 4.19. The van der Waals surface area contributed by atoms with Crippen LogP contribution in [0.1, 0.15) is 11.1 Å². The van der Waals surface area contributed by atoms with Crippen LogP contribution in [0.3, 0.4) is 0 Å². The molecular weight excluding hydrogens is 278 g/mol. The molecule has 0 spiro atoms. The zero-order valence-electron chi connectivity index (χ0n) is 9.24. The molecule has 1 N–H and O–H groups in total. The molecular formula is C13H10BrN3. The molecule has 0 amide bonds. The predicted molar refractivity (Wildman–Crippen MR) is 71.1 cm³/mol. The lowest BCUT2D eigenvalue weighted by Crippen LogP contribution is -1.95. The first-order chi connectivity index (χ1) is 8.19. The van der Waals surface area contributed by atoms with E-state index in [1.54, 1.807) is 12.3 Å². The largest absolute Gasteiger partial charge is 0.339 e. The van der Waals surface area contributed by atoms with Gasteiger partial charge in [0.2, 0.25) is 0 Å². The summed E-state index contributed by atoms with van der Waals surface area (Å²) in [5.74, 6) is 0.703. The Morgan fingerprint density at radius 2 is 2.18 bits per heavy atom. The van der Waals surface area contributed by atoms with Gasteiger partial charge >= 0.3 is 0 Å². The number of nitrogens with zero attached hydrogens (tertiary/aromatic N) is 2. The fourth-order valence-corrected chi connectivity index (χ4v) is 1.90. The number of anilines is 2. The summed E-state index contributed by atoms with van der Waals surface area (Å²) in [6.45, 7) is 2.03. The van der Waals surface area contributed by atoms with Gasteiger partial charge in [0.1, 0.15) is 11.9 Å². The molecule has 0 saturated heterocycles. The smallest absolute Gasteiger partial charge is 0.144 e. The Bertz CT molecular complexity index is 587. The first-order valence-corrected chi connectivity index (χ1v) is 5.87. The number of hydrogen-bond acceptors (Lipinski definition) is 3. The van der Waals surface area contributed by atoms with E-state index < -0.39 is 0 Å². The van der Waals surface area contributed by atoms with Gasteiger partial charge in [-0.2, -0.15) is 5.26 Å². The van der Waals surface area contributed by atoms with E-state index in [2.05, 4.69) is 26.2 Å². The average Bonchev–Trinajstić information content (AvgIpc) is 2.32. The second-order valence-corrected chi connectivity index (χ2v) is 4.52. The van der Waals surface area contributed by atoms with Gasteiger partial charge in [-0.05, 0) is 46.6 Å². The van der Waals surface area contributed by atoms with E-state index in [-0.39, 0.29) is 0 Å². The summed E-state index contributed by atoms with van der Waals surface area (Å²) >= 11 is 3.39. The fourth-order valence-electron chi connectivity index (χ4n) is 1.45. The van der Waals surface area contributed by atoms with Gasteiger partial charge in [-0.15, -0.1) is 0 Å². The van der Waals surface area contributed by atoms with Crippen LogP contribution < -0.4 is 5.32 Å². The molecule has 0 radical (unpaired) electrons. The van der Waals surface area contributed by atoms with E-state index in [4.69, 9.17) is 5.26 Å². The lowest BCUT2D eigenvalue weighted by molar-refractivity contribution is 1.27. The van der Waals surface area contributed by atoms with Crippen molar-refractivity contribution in [2.45, 2.75) is 6.92 Å². The molecule has 1 aromatic heterocycles. The standard InChI is InChI=1S/C13H10BrN3/c1-9-3-2-4-11(5-9)17-13-12(14)6-10(7-15)8-16-13/h2-6,8H,1H3,(H,16,17). The number of nitriles is 1. The molecule has 3 nitrogen and oxygen atoms in total. The van der Waals surface area contributed by atoms with E-state index in [0.717, 1.165) is 10.2 Å². The molecule has 0 unspecified atom stereocenters. The molecule has 2 rings (SSSR count). The van der Waals surface area contributed by atoms with Gasteiger partial charge in [0, 0.05) is 11.9 Å². The number of benzene rings is 1. The van der Waals surface area contributed by atoms with Crippen molar-refractivity contribution in [1.82, 2.24) is 4.98 Å². The van der Waals surface area contributed by atoms with Gasteiger partial charge < -0.3 is 5.32 Å². The van der Waals surface area contributed by atoms with E-state index in [0.29, 0.717) is 11.4 Å². The lowest BCUT2D eigenvalue weighted by atomic mass is 10.2. The first-order valence-electron chi connectivity index (χ1n) is 5.08. The minimum atomic E-state index is 0.534. The van der Waals surface area contributed by atoms with Crippen molar-refractivity contribution in [3.63, 3.8) is 0 Å². The van der Waals surface area contributed by atoms with Gasteiger partial charge in [0.15, 0.2) is 0 Å². The van der Waals surface area contributed by atoms with Crippen LogP contribution in [0.2, 0.25) is 0 Å². The van der Waals surface area contributed by atoms with Crippen LogP contribution in [-0.4, -0.2) is 4.98 Å².